The number of hydrogen-bond acceptors (Lipinski definition) is 3. The predicted molar refractivity (Wildman–Crippen MR) is 93.1 cm³/mol. The third kappa shape index (κ3) is 3.89. The molecule has 4 heteroatoms. The number of carbonyl (C=O) groups excluding carboxylic acids is 1. The van der Waals surface area contributed by atoms with Gasteiger partial charge in [0.1, 0.15) is 5.69 Å². The van der Waals surface area contributed by atoms with Gasteiger partial charge in [-0.25, -0.2) is 0 Å². The highest BCUT2D eigenvalue weighted by molar-refractivity contribution is 5.93. The third-order valence-corrected chi connectivity index (χ3v) is 3.92. The molecular weight excluding hydrogens is 286 g/mol. The molecule has 1 fully saturated rings. The lowest BCUT2D eigenvalue weighted by molar-refractivity contribution is 0.0946. The van der Waals surface area contributed by atoms with Crippen LogP contribution in [0.5, 0.6) is 0 Å². The largest absolute Gasteiger partial charge is 0.355 e. The Morgan fingerprint density at radius 2 is 1.91 bits per heavy atom. The molecular formula is C19H23N3O. The topological polar surface area (TPSA) is 54.0 Å². The normalized spacial score (nSPS) is 14.4. The van der Waals surface area contributed by atoms with Gasteiger partial charge < -0.3 is 10.6 Å². The van der Waals surface area contributed by atoms with Gasteiger partial charge >= 0.3 is 0 Å². The van der Waals surface area contributed by atoms with Crippen molar-refractivity contribution in [3.8, 4) is 0 Å². The molecule has 1 aromatic heterocycles. The monoisotopic (exact) mass is 309 g/mol. The molecule has 3 rings (SSSR count). The number of amides is 1. The number of pyridine rings is 1. The maximum absolute atomic E-state index is 12.1. The quantitative estimate of drug-likeness (QED) is 0.897. The number of nitrogens with one attached hydrogen (secondary N) is 2. The van der Waals surface area contributed by atoms with Gasteiger partial charge in [0.05, 0.1) is 0 Å². The fraction of sp³-hybridized carbons (Fsp3) is 0.368. The van der Waals surface area contributed by atoms with E-state index < -0.39 is 0 Å². The molecule has 2 N–H and O–H groups in total. The summed E-state index contributed by atoms with van der Waals surface area (Å²) < 4.78 is 0. The Bertz CT molecular complexity index is 715. The maximum atomic E-state index is 12.1. The lowest BCUT2D eigenvalue weighted by Crippen LogP contribution is -2.26. The summed E-state index contributed by atoms with van der Waals surface area (Å²) in [7, 11) is 0. The van der Waals surface area contributed by atoms with E-state index in [9.17, 15) is 4.79 Å². The zero-order chi connectivity index (χ0) is 16.4. The van der Waals surface area contributed by atoms with Crippen molar-refractivity contribution in [1.82, 2.24) is 10.3 Å². The van der Waals surface area contributed by atoms with Crippen LogP contribution in [0.25, 0.3) is 0 Å². The van der Waals surface area contributed by atoms with Gasteiger partial charge in [0.25, 0.3) is 5.91 Å². The van der Waals surface area contributed by atoms with Crippen LogP contribution in [0.2, 0.25) is 0 Å². The van der Waals surface area contributed by atoms with Crippen molar-refractivity contribution in [2.45, 2.75) is 45.1 Å². The first-order chi connectivity index (χ1) is 10.9. The van der Waals surface area contributed by atoms with E-state index in [1.165, 1.54) is 5.56 Å². The van der Waals surface area contributed by atoms with E-state index >= 15 is 0 Å². The number of benzene rings is 1. The van der Waals surface area contributed by atoms with Crippen LogP contribution in [0.15, 0.2) is 42.6 Å². The number of nitrogens with zero attached hydrogens (tertiary/aromatic N) is 1. The van der Waals surface area contributed by atoms with Crippen LogP contribution >= 0.6 is 0 Å². The maximum Gasteiger partial charge on any atom is 0.270 e. The van der Waals surface area contributed by atoms with Crippen molar-refractivity contribution in [2.75, 3.05) is 5.32 Å². The van der Waals surface area contributed by atoms with Crippen molar-refractivity contribution < 1.29 is 4.79 Å². The van der Waals surface area contributed by atoms with Gasteiger partial charge in [-0.05, 0) is 42.0 Å². The van der Waals surface area contributed by atoms with E-state index in [0.29, 0.717) is 11.7 Å². The van der Waals surface area contributed by atoms with Crippen LogP contribution in [0.3, 0.4) is 0 Å². The minimum Gasteiger partial charge on any atom is -0.355 e. The molecule has 0 saturated heterocycles. The van der Waals surface area contributed by atoms with Gasteiger partial charge in [0, 0.05) is 23.6 Å². The number of para-hydroxylation sites is 1. The third-order valence-electron chi connectivity index (χ3n) is 3.92. The average molecular weight is 309 g/mol. The van der Waals surface area contributed by atoms with E-state index in [-0.39, 0.29) is 11.3 Å². The van der Waals surface area contributed by atoms with Crippen molar-refractivity contribution in [1.29, 1.82) is 0 Å². The van der Waals surface area contributed by atoms with Crippen LogP contribution in [0, 0.1) is 0 Å². The number of aromatic nitrogens is 1. The van der Waals surface area contributed by atoms with Gasteiger partial charge in [-0.3, -0.25) is 9.78 Å². The van der Waals surface area contributed by atoms with Crippen molar-refractivity contribution in [3.05, 3.63) is 53.9 Å². The Morgan fingerprint density at radius 3 is 2.61 bits per heavy atom. The second-order valence-corrected chi connectivity index (χ2v) is 7.10. The lowest BCUT2D eigenvalue weighted by atomic mass is 9.86. The molecule has 1 aromatic carbocycles. The molecule has 0 radical (unpaired) electrons. The molecule has 120 valence electrons. The number of carbonyl (C=O) groups is 1. The summed E-state index contributed by atoms with van der Waals surface area (Å²) in [6.07, 6.45) is 3.81. The fourth-order valence-corrected chi connectivity index (χ4v) is 2.52. The zero-order valence-electron chi connectivity index (χ0n) is 13.9. The highest BCUT2D eigenvalue weighted by Crippen LogP contribution is 2.31. The first-order valence-corrected chi connectivity index (χ1v) is 8.07. The van der Waals surface area contributed by atoms with Crippen LogP contribution in [0.1, 0.15) is 49.7 Å². The molecule has 4 nitrogen and oxygen atoms in total. The summed E-state index contributed by atoms with van der Waals surface area (Å²) in [6.45, 7) is 6.57. The smallest absolute Gasteiger partial charge is 0.270 e. The summed E-state index contributed by atoms with van der Waals surface area (Å²) in [5, 5.41) is 6.39. The molecule has 1 aliphatic rings. The van der Waals surface area contributed by atoms with Crippen molar-refractivity contribution in [2.24, 2.45) is 0 Å². The van der Waals surface area contributed by atoms with E-state index in [4.69, 9.17) is 0 Å². The van der Waals surface area contributed by atoms with Gasteiger partial charge in [-0.1, -0.05) is 39.0 Å². The Labute approximate surface area is 137 Å². The molecule has 2 aromatic rings. The summed E-state index contributed by atoms with van der Waals surface area (Å²) in [5.74, 6) is -0.0970. The summed E-state index contributed by atoms with van der Waals surface area (Å²) in [4.78, 5) is 16.3. The van der Waals surface area contributed by atoms with Crippen molar-refractivity contribution >= 4 is 17.3 Å². The first kappa shape index (κ1) is 15.5. The van der Waals surface area contributed by atoms with Crippen LogP contribution in [0.4, 0.5) is 11.4 Å². The molecule has 1 aliphatic carbocycles. The minimum atomic E-state index is -0.0970. The number of hydrogen-bond donors (Lipinski definition) is 2. The highest BCUT2D eigenvalue weighted by Gasteiger charge is 2.24. The molecule has 0 aliphatic heterocycles. The molecule has 1 saturated carbocycles. The number of rotatable bonds is 4. The summed E-state index contributed by atoms with van der Waals surface area (Å²) in [5.41, 5.74) is 3.66. The minimum absolute atomic E-state index is 0.0444. The van der Waals surface area contributed by atoms with Gasteiger partial charge in [-0.2, -0.15) is 0 Å². The molecule has 0 bridgehead atoms. The van der Waals surface area contributed by atoms with Crippen LogP contribution in [-0.4, -0.2) is 16.9 Å². The lowest BCUT2D eigenvalue weighted by Gasteiger charge is -2.23. The predicted octanol–water partition coefficient (Wildman–Crippen LogP) is 4.01. The van der Waals surface area contributed by atoms with Gasteiger partial charge in [0.15, 0.2) is 0 Å². The highest BCUT2D eigenvalue weighted by atomic mass is 16.2. The van der Waals surface area contributed by atoms with Gasteiger partial charge in [0.2, 0.25) is 0 Å². The van der Waals surface area contributed by atoms with E-state index in [2.05, 4.69) is 48.5 Å². The number of anilines is 2. The molecule has 1 heterocycles. The van der Waals surface area contributed by atoms with Crippen LogP contribution < -0.4 is 10.6 Å². The Kier molecular flexibility index (Phi) is 4.07. The van der Waals surface area contributed by atoms with Crippen molar-refractivity contribution in [3.63, 3.8) is 0 Å². The molecule has 0 unspecified atom stereocenters. The molecule has 0 atom stereocenters. The second kappa shape index (κ2) is 6.03. The molecule has 0 spiro atoms. The Balaban J connectivity index is 1.82. The summed E-state index contributed by atoms with van der Waals surface area (Å²) in [6, 6.07) is 12.3. The molecule has 23 heavy (non-hydrogen) atoms. The van der Waals surface area contributed by atoms with Crippen LogP contribution in [-0.2, 0) is 5.41 Å². The van der Waals surface area contributed by atoms with E-state index in [0.717, 1.165) is 24.2 Å². The van der Waals surface area contributed by atoms with E-state index in [1.807, 2.05) is 18.2 Å². The first-order valence-electron chi connectivity index (χ1n) is 8.07. The standard InChI is InChI=1S/C19H23N3O/c1-19(2,3)15-6-4-5-7-16(15)21-14-10-11-20-17(12-14)18(23)22-13-8-9-13/h4-7,10-13H,8-9H2,1-3H3,(H,20,21)(H,22,23). The Hall–Kier alpha value is -2.36. The molecule has 1 amide bonds. The van der Waals surface area contributed by atoms with Gasteiger partial charge in [-0.15, -0.1) is 0 Å². The fourth-order valence-electron chi connectivity index (χ4n) is 2.52. The second-order valence-electron chi connectivity index (χ2n) is 7.10. The van der Waals surface area contributed by atoms with E-state index in [1.54, 1.807) is 12.3 Å². The SMILES string of the molecule is CC(C)(C)c1ccccc1Nc1ccnc(C(=O)NC2CC2)c1. The summed E-state index contributed by atoms with van der Waals surface area (Å²) >= 11 is 0. The zero-order valence-corrected chi connectivity index (χ0v) is 13.9. The Morgan fingerprint density at radius 1 is 1.17 bits per heavy atom. The average Bonchev–Trinajstić information content (AvgIpc) is 3.31.